The third-order valence-corrected chi connectivity index (χ3v) is 3.83. The number of rotatable bonds is 7. The number of hydrogen-bond donors (Lipinski definition) is 0. The highest BCUT2D eigenvalue weighted by Gasteiger charge is 2.37. The Labute approximate surface area is 106 Å². The van der Waals surface area contributed by atoms with Crippen molar-refractivity contribution in [1.82, 2.24) is 4.90 Å². The lowest BCUT2D eigenvalue weighted by molar-refractivity contribution is -0.138. The number of carbonyl (C=O) groups is 3. The number of thioether (sulfide) groups is 1. The molecule has 1 rings (SSSR count). The van der Waals surface area contributed by atoms with Crippen LogP contribution in [0.15, 0.2) is 0 Å². The quantitative estimate of drug-likeness (QED) is 0.514. The van der Waals surface area contributed by atoms with Crippen molar-refractivity contribution >= 4 is 29.4 Å². The summed E-state index contributed by atoms with van der Waals surface area (Å²) in [5, 5.41) is -0.181. The lowest BCUT2D eigenvalue weighted by Crippen LogP contribution is -2.32. The summed E-state index contributed by atoms with van der Waals surface area (Å²) in [4.78, 5) is 35.4. The zero-order valence-electron chi connectivity index (χ0n) is 10.4. The molecular weight excluding hydrogens is 238 g/mol. The highest BCUT2D eigenvalue weighted by molar-refractivity contribution is 8.00. The third-order valence-electron chi connectivity index (χ3n) is 2.90. The van der Waals surface area contributed by atoms with Crippen LogP contribution in [0, 0.1) is 0 Å². The first-order valence-electron chi connectivity index (χ1n) is 5.92. The van der Waals surface area contributed by atoms with Gasteiger partial charge in [0.15, 0.2) is 0 Å². The summed E-state index contributed by atoms with van der Waals surface area (Å²) in [5.74, 6) is 0.0933. The van der Waals surface area contributed by atoms with Crippen LogP contribution >= 0.6 is 11.8 Å². The summed E-state index contributed by atoms with van der Waals surface area (Å²) in [7, 11) is 0. The van der Waals surface area contributed by atoms with Crippen molar-refractivity contribution in [3.05, 3.63) is 0 Å². The van der Waals surface area contributed by atoms with E-state index in [1.807, 2.05) is 6.26 Å². The molecule has 96 valence electrons. The molecule has 1 aliphatic heterocycles. The number of hydrogen-bond acceptors (Lipinski definition) is 4. The van der Waals surface area contributed by atoms with Crippen LogP contribution in [0.25, 0.3) is 0 Å². The van der Waals surface area contributed by atoms with E-state index in [-0.39, 0.29) is 22.8 Å². The molecule has 1 fully saturated rings. The highest BCUT2D eigenvalue weighted by Crippen LogP contribution is 2.23. The molecule has 1 atom stereocenters. The van der Waals surface area contributed by atoms with Gasteiger partial charge in [0.25, 0.3) is 0 Å². The maximum atomic E-state index is 11.7. The van der Waals surface area contributed by atoms with Crippen molar-refractivity contribution in [2.45, 2.75) is 44.3 Å². The Bertz CT molecular complexity index is 317. The van der Waals surface area contributed by atoms with Gasteiger partial charge in [0.2, 0.25) is 11.8 Å². The van der Waals surface area contributed by atoms with Crippen molar-refractivity contribution in [3.8, 4) is 0 Å². The van der Waals surface area contributed by atoms with Crippen LogP contribution in [0.1, 0.15) is 39.0 Å². The molecule has 17 heavy (non-hydrogen) atoms. The van der Waals surface area contributed by atoms with Gasteiger partial charge < -0.3 is 4.79 Å². The van der Waals surface area contributed by atoms with Gasteiger partial charge in [-0.15, -0.1) is 0 Å². The normalized spacial score (nSPS) is 20.1. The number of imide groups is 1. The number of ketones is 1. The van der Waals surface area contributed by atoms with Crippen LogP contribution in [-0.4, -0.2) is 40.5 Å². The summed E-state index contributed by atoms with van der Waals surface area (Å²) in [5.41, 5.74) is 0. The van der Waals surface area contributed by atoms with Gasteiger partial charge in [0, 0.05) is 19.4 Å². The second-order valence-electron chi connectivity index (χ2n) is 4.32. The van der Waals surface area contributed by atoms with Gasteiger partial charge in [-0.25, -0.2) is 0 Å². The molecule has 0 spiro atoms. The molecule has 1 saturated heterocycles. The van der Waals surface area contributed by atoms with Crippen molar-refractivity contribution in [2.24, 2.45) is 0 Å². The van der Waals surface area contributed by atoms with Gasteiger partial charge in [-0.1, -0.05) is 6.42 Å². The average molecular weight is 257 g/mol. The summed E-state index contributed by atoms with van der Waals surface area (Å²) in [6.45, 7) is 2.09. The lowest BCUT2D eigenvalue weighted by atomic mass is 10.1. The van der Waals surface area contributed by atoms with Gasteiger partial charge in [-0.2, -0.15) is 11.8 Å². The maximum absolute atomic E-state index is 11.7. The highest BCUT2D eigenvalue weighted by atomic mass is 32.2. The SMILES string of the molecule is CS[C@@H]1CC(=O)N(CCCCCC(C)=O)C1=O. The minimum absolute atomic E-state index is 0.0472. The number of likely N-dealkylation sites (tertiary alicyclic amines) is 1. The average Bonchev–Trinajstić information content (AvgIpc) is 2.54. The number of amides is 2. The van der Waals surface area contributed by atoms with E-state index < -0.39 is 0 Å². The Hall–Kier alpha value is -0.840. The third kappa shape index (κ3) is 4.15. The minimum atomic E-state index is -0.181. The fourth-order valence-corrected chi connectivity index (χ4v) is 2.53. The standard InChI is InChI=1S/C12H19NO3S/c1-9(14)6-4-3-5-7-13-11(15)8-10(17-2)12(13)16/h10H,3-8H2,1-2H3/t10-/m1/s1. The van der Waals surface area contributed by atoms with E-state index in [1.165, 1.54) is 16.7 Å². The molecule has 0 N–H and O–H groups in total. The Balaban J connectivity index is 2.25. The predicted molar refractivity (Wildman–Crippen MR) is 67.8 cm³/mol. The van der Waals surface area contributed by atoms with Gasteiger partial charge in [0.05, 0.1) is 5.25 Å². The van der Waals surface area contributed by atoms with Crippen molar-refractivity contribution in [1.29, 1.82) is 0 Å². The Morgan fingerprint density at radius 2 is 2.06 bits per heavy atom. The first-order valence-corrected chi connectivity index (χ1v) is 7.21. The van der Waals surface area contributed by atoms with E-state index in [4.69, 9.17) is 0 Å². The van der Waals surface area contributed by atoms with Crippen LogP contribution in [-0.2, 0) is 14.4 Å². The second kappa shape index (κ2) is 6.79. The van der Waals surface area contributed by atoms with Crippen LogP contribution in [0.3, 0.4) is 0 Å². The Morgan fingerprint density at radius 3 is 2.59 bits per heavy atom. The number of Topliss-reactive ketones (excluding diaryl/α,β-unsaturated/α-hetero) is 1. The fraction of sp³-hybridized carbons (Fsp3) is 0.750. The molecular formula is C12H19NO3S. The molecule has 1 heterocycles. The van der Waals surface area contributed by atoms with Gasteiger partial charge in [-0.05, 0) is 26.0 Å². The number of unbranched alkanes of at least 4 members (excludes halogenated alkanes) is 2. The molecule has 0 radical (unpaired) electrons. The summed E-state index contributed by atoms with van der Waals surface area (Å²) in [6.07, 6.45) is 5.32. The molecule has 4 nitrogen and oxygen atoms in total. The van der Waals surface area contributed by atoms with E-state index in [2.05, 4.69) is 0 Å². The minimum Gasteiger partial charge on any atom is -0.300 e. The smallest absolute Gasteiger partial charge is 0.242 e. The molecule has 0 aromatic rings. The first kappa shape index (κ1) is 14.2. The summed E-state index contributed by atoms with van der Waals surface area (Å²) in [6, 6.07) is 0. The summed E-state index contributed by atoms with van der Waals surface area (Å²) >= 11 is 1.44. The van der Waals surface area contributed by atoms with Gasteiger partial charge in [0.1, 0.15) is 5.78 Å². The number of nitrogens with zero attached hydrogens (tertiary/aromatic N) is 1. The van der Waals surface area contributed by atoms with E-state index in [0.717, 1.165) is 19.3 Å². The van der Waals surface area contributed by atoms with Crippen molar-refractivity contribution in [2.75, 3.05) is 12.8 Å². The molecule has 0 aliphatic carbocycles. The second-order valence-corrected chi connectivity index (χ2v) is 5.37. The van der Waals surface area contributed by atoms with Crippen molar-refractivity contribution in [3.63, 3.8) is 0 Å². The van der Waals surface area contributed by atoms with Crippen LogP contribution in [0.2, 0.25) is 0 Å². The van der Waals surface area contributed by atoms with Crippen LogP contribution in [0.4, 0.5) is 0 Å². The first-order chi connectivity index (χ1) is 8.06. The Morgan fingerprint density at radius 1 is 1.35 bits per heavy atom. The van der Waals surface area contributed by atoms with E-state index >= 15 is 0 Å². The number of carbonyl (C=O) groups excluding carboxylic acids is 3. The topological polar surface area (TPSA) is 54.5 Å². The van der Waals surface area contributed by atoms with Crippen LogP contribution < -0.4 is 0 Å². The molecule has 5 heteroatoms. The largest absolute Gasteiger partial charge is 0.300 e. The maximum Gasteiger partial charge on any atom is 0.242 e. The lowest BCUT2D eigenvalue weighted by Gasteiger charge is -2.13. The van der Waals surface area contributed by atoms with E-state index in [9.17, 15) is 14.4 Å². The van der Waals surface area contributed by atoms with E-state index in [1.54, 1.807) is 6.92 Å². The Kier molecular flexibility index (Phi) is 5.68. The molecule has 0 unspecified atom stereocenters. The van der Waals surface area contributed by atoms with Gasteiger partial charge >= 0.3 is 0 Å². The van der Waals surface area contributed by atoms with Gasteiger partial charge in [-0.3, -0.25) is 14.5 Å². The molecule has 0 aromatic carbocycles. The zero-order valence-corrected chi connectivity index (χ0v) is 11.2. The molecule has 0 saturated carbocycles. The summed E-state index contributed by atoms with van der Waals surface area (Å²) < 4.78 is 0. The predicted octanol–water partition coefficient (Wildman–Crippen LogP) is 1.63. The zero-order chi connectivity index (χ0) is 12.8. The molecule has 0 aromatic heterocycles. The monoisotopic (exact) mass is 257 g/mol. The van der Waals surface area contributed by atoms with Crippen molar-refractivity contribution < 1.29 is 14.4 Å². The fourth-order valence-electron chi connectivity index (χ4n) is 1.89. The molecule has 2 amide bonds. The van der Waals surface area contributed by atoms with Crippen LogP contribution in [0.5, 0.6) is 0 Å². The molecule has 1 aliphatic rings. The molecule has 0 bridgehead atoms. The van der Waals surface area contributed by atoms with E-state index in [0.29, 0.717) is 19.4 Å².